The number of aromatic nitrogens is 1. The predicted octanol–water partition coefficient (Wildman–Crippen LogP) is 4.97. The molecule has 1 aliphatic rings. The van der Waals surface area contributed by atoms with Gasteiger partial charge in [-0.2, -0.15) is 0 Å². The summed E-state index contributed by atoms with van der Waals surface area (Å²) in [7, 11) is 0. The lowest BCUT2D eigenvalue weighted by Crippen LogP contribution is -2.47. The fraction of sp³-hybridized carbons (Fsp3) is 0.348. The number of hydrogen-bond acceptors (Lipinski definition) is 1. The third kappa shape index (κ3) is 4.11. The summed E-state index contributed by atoms with van der Waals surface area (Å²) in [6.07, 6.45) is 3.99. The van der Waals surface area contributed by atoms with Gasteiger partial charge < -0.3 is 15.2 Å². The minimum absolute atomic E-state index is 0.0124. The molecule has 1 aromatic heterocycles. The molecule has 0 saturated carbocycles. The number of amides is 2. The number of para-hydroxylation sites is 1. The van der Waals surface area contributed by atoms with E-state index in [1.807, 2.05) is 12.1 Å². The summed E-state index contributed by atoms with van der Waals surface area (Å²) < 4.78 is 27.7. The minimum Gasteiger partial charge on any atom is -0.361 e. The first kappa shape index (κ1) is 19.4. The second-order valence-electron chi connectivity index (χ2n) is 7.81. The first-order chi connectivity index (χ1) is 14.0. The van der Waals surface area contributed by atoms with Gasteiger partial charge in [-0.25, -0.2) is 13.6 Å². The molecule has 3 aromatic rings. The number of benzene rings is 2. The topological polar surface area (TPSA) is 48.1 Å². The Labute approximate surface area is 168 Å². The van der Waals surface area contributed by atoms with Crippen LogP contribution in [0.5, 0.6) is 0 Å². The number of likely N-dealkylation sites (tertiary alicyclic amines) is 1. The number of nitrogens with zero attached hydrogens (tertiary/aromatic N) is 1. The summed E-state index contributed by atoms with van der Waals surface area (Å²) in [5.41, 5.74) is 2.46. The Hall–Kier alpha value is -2.89. The van der Waals surface area contributed by atoms with E-state index in [1.54, 1.807) is 11.8 Å². The Morgan fingerprint density at radius 2 is 1.83 bits per heavy atom. The summed E-state index contributed by atoms with van der Waals surface area (Å²) in [6, 6.07) is 11.5. The van der Waals surface area contributed by atoms with Crippen molar-refractivity contribution in [2.75, 3.05) is 13.1 Å². The van der Waals surface area contributed by atoms with E-state index in [-0.39, 0.29) is 24.1 Å². The number of fused-ring (bicyclic) bond motifs is 1. The molecule has 4 rings (SSSR count). The molecule has 0 radical (unpaired) electrons. The Bertz CT molecular complexity index is 988. The number of nitrogens with one attached hydrogen (secondary N) is 2. The fourth-order valence-electron chi connectivity index (χ4n) is 4.21. The maximum Gasteiger partial charge on any atom is 0.317 e. The predicted molar refractivity (Wildman–Crippen MR) is 110 cm³/mol. The number of carbonyl (C=O) groups excluding carboxylic acids is 1. The van der Waals surface area contributed by atoms with Crippen molar-refractivity contribution < 1.29 is 13.6 Å². The van der Waals surface area contributed by atoms with Crippen LogP contribution < -0.4 is 5.32 Å². The lowest BCUT2D eigenvalue weighted by atomic mass is 9.89. The van der Waals surface area contributed by atoms with Crippen LogP contribution in [0, 0.1) is 11.6 Å². The molecule has 29 heavy (non-hydrogen) atoms. The average Bonchev–Trinajstić information content (AvgIpc) is 3.15. The van der Waals surface area contributed by atoms with E-state index in [2.05, 4.69) is 28.6 Å². The molecule has 1 saturated heterocycles. The summed E-state index contributed by atoms with van der Waals surface area (Å²) >= 11 is 0. The Morgan fingerprint density at radius 1 is 1.14 bits per heavy atom. The summed E-state index contributed by atoms with van der Waals surface area (Å²) in [5.74, 6) is -0.739. The average molecular weight is 397 g/mol. The molecule has 2 N–H and O–H groups in total. The SMILES string of the molecule is CC(Cc1c(F)cccc1F)NC(=O)N1CCC(c2c[nH]c3ccccc23)CC1. The summed E-state index contributed by atoms with van der Waals surface area (Å²) in [5, 5.41) is 4.13. The van der Waals surface area contributed by atoms with Crippen molar-refractivity contribution in [1.29, 1.82) is 0 Å². The van der Waals surface area contributed by atoms with Gasteiger partial charge in [0.15, 0.2) is 0 Å². The Balaban J connectivity index is 1.33. The van der Waals surface area contributed by atoms with Crippen LogP contribution in [0.4, 0.5) is 13.6 Å². The maximum absolute atomic E-state index is 13.8. The van der Waals surface area contributed by atoms with Crippen molar-refractivity contribution in [1.82, 2.24) is 15.2 Å². The zero-order valence-corrected chi connectivity index (χ0v) is 16.4. The van der Waals surface area contributed by atoms with Gasteiger partial charge in [0.2, 0.25) is 0 Å². The van der Waals surface area contributed by atoms with Crippen molar-refractivity contribution in [3.8, 4) is 0 Å². The molecule has 1 aliphatic heterocycles. The molecule has 2 amide bonds. The number of carbonyl (C=O) groups is 1. The van der Waals surface area contributed by atoms with Crippen LogP contribution in [0.2, 0.25) is 0 Å². The number of rotatable bonds is 4. The fourth-order valence-corrected chi connectivity index (χ4v) is 4.21. The van der Waals surface area contributed by atoms with Crippen molar-refractivity contribution in [2.24, 2.45) is 0 Å². The van der Waals surface area contributed by atoms with Gasteiger partial charge in [0, 0.05) is 41.8 Å². The quantitative estimate of drug-likeness (QED) is 0.642. The molecule has 6 heteroatoms. The van der Waals surface area contributed by atoms with Crippen LogP contribution in [0.1, 0.15) is 36.8 Å². The zero-order chi connectivity index (χ0) is 20.4. The second kappa shape index (κ2) is 8.23. The van der Waals surface area contributed by atoms with Crippen molar-refractivity contribution >= 4 is 16.9 Å². The van der Waals surface area contributed by atoms with Crippen LogP contribution in [0.3, 0.4) is 0 Å². The van der Waals surface area contributed by atoms with Gasteiger partial charge in [-0.3, -0.25) is 0 Å². The van der Waals surface area contributed by atoms with Crippen LogP contribution in [0.25, 0.3) is 10.9 Å². The number of urea groups is 1. The summed E-state index contributed by atoms with van der Waals surface area (Å²) in [6.45, 7) is 3.09. The third-order valence-electron chi connectivity index (χ3n) is 5.79. The highest BCUT2D eigenvalue weighted by Crippen LogP contribution is 2.33. The monoisotopic (exact) mass is 397 g/mol. The van der Waals surface area contributed by atoms with Crippen LogP contribution in [-0.4, -0.2) is 35.0 Å². The van der Waals surface area contributed by atoms with E-state index in [4.69, 9.17) is 0 Å². The third-order valence-corrected chi connectivity index (χ3v) is 5.79. The molecule has 2 aromatic carbocycles. The van der Waals surface area contributed by atoms with Gasteiger partial charge in [0.05, 0.1) is 0 Å². The van der Waals surface area contributed by atoms with Crippen LogP contribution in [-0.2, 0) is 6.42 Å². The highest BCUT2D eigenvalue weighted by Gasteiger charge is 2.26. The van der Waals surface area contributed by atoms with Crippen LogP contribution in [0.15, 0.2) is 48.7 Å². The smallest absolute Gasteiger partial charge is 0.317 e. The number of piperidine rings is 1. The lowest BCUT2D eigenvalue weighted by Gasteiger charge is -2.33. The maximum atomic E-state index is 13.8. The molecule has 2 heterocycles. The van der Waals surface area contributed by atoms with E-state index in [1.165, 1.54) is 29.1 Å². The molecular formula is C23H25F2N3O. The van der Waals surface area contributed by atoms with Crippen molar-refractivity contribution in [3.63, 3.8) is 0 Å². The molecule has 1 fully saturated rings. The Kier molecular flexibility index (Phi) is 5.51. The number of hydrogen-bond donors (Lipinski definition) is 2. The van der Waals surface area contributed by atoms with Crippen molar-refractivity contribution in [2.45, 2.75) is 38.1 Å². The Morgan fingerprint density at radius 3 is 2.55 bits per heavy atom. The van der Waals surface area contributed by atoms with E-state index < -0.39 is 11.6 Å². The van der Waals surface area contributed by atoms with Crippen molar-refractivity contribution in [3.05, 3.63) is 71.4 Å². The molecule has 0 aliphatic carbocycles. The molecular weight excluding hydrogens is 372 g/mol. The van der Waals surface area contributed by atoms with Gasteiger partial charge in [0.25, 0.3) is 0 Å². The lowest BCUT2D eigenvalue weighted by molar-refractivity contribution is 0.178. The van der Waals surface area contributed by atoms with Gasteiger partial charge in [-0.05, 0) is 55.9 Å². The largest absolute Gasteiger partial charge is 0.361 e. The van der Waals surface area contributed by atoms with E-state index in [9.17, 15) is 13.6 Å². The normalized spacial score (nSPS) is 16.2. The number of halogens is 2. The van der Waals surface area contributed by atoms with Gasteiger partial charge in [-0.15, -0.1) is 0 Å². The molecule has 0 bridgehead atoms. The first-order valence-corrected chi connectivity index (χ1v) is 10.1. The molecule has 1 unspecified atom stereocenters. The number of H-pyrrole nitrogens is 1. The molecule has 4 nitrogen and oxygen atoms in total. The minimum atomic E-state index is -0.578. The second-order valence-corrected chi connectivity index (χ2v) is 7.81. The van der Waals surface area contributed by atoms with Gasteiger partial charge >= 0.3 is 6.03 Å². The first-order valence-electron chi connectivity index (χ1n) is 10.1. The van der Waals surface area contributed by atoms with Gasteiger partial charge in [0.1, 0.15) is 11.6 Å². The summed E-state index contributed by atoms with van der Waals surface area (Å²) in [4.78, 5) is 17.7. The van der Waals surface area contributed by atoms with E-state index >= 15 is 0 Å². The standard InChI is InChI=1S/C23H25F2N3O/c1-15(13-18-20(24)6-4-7-21(18)25)27-23(29)28-11-9-16(10-12-28)19-14-26-22-8-3-2-5-17(19)22/h2-8,14-16,26H,9-13H2,1H3,(H,27,29). The van der Waals surface area contributed by atoms with Gasteiger partial charge in [-0.1, -0.05) is 24.3 Å². The molecule has 0 spiro atoms. The van der Waals surface area contributed by atoms with E-state index in [0.717, 1.165) is 18.4 Å². The highest BCUT2D eigenvalue weighted by atomic mass is 19.1. The molecule has 152 valence electrons. The zero-order valence-electron chi connectivity index (χ0n) is 16.4. The van der Waals surface area contributed by atoms with E-state index in [0.29, 0.717) is 19.0 Å². The van der Waals surface area contributed by atoms with Crippen LogP contribution >= 0.6 is 0 Å². The highest BCUT2D eigenvalue weighted by molar-refractivity contribution is 5.83. The molecule has 1 atom stereocenters. The number of aromatic amines is 1.